The first-order valence-corrected chi connectivity index (χ1v) is 5.94. The molecule has 18 heavy (non-hydrogen) atoms. The molecule has 1 aromatic heterocycles. The summed E-state index contributed by atoms with van der Waals surface area (Å²) >= 11 is 5.83. The van der Waals surface area contributed by atoms with Gasteiger partial charge in [0.1, 0.15) is 5.15 Å². The van der Waals surface area contributed by atoms with E-state index < -0.39 is 0 Å². The number of nitrogens with one attached hydrogen (secondary N) is 1. The molecular weight excluding hydrogens is 248 g/mol. The molecule has 0 saturated carbocycles. The van der Waals surface area contributed by atoms with Gasteiger partial charge in [-0.3, -0.25) is 4.79 Å². The summed E-state index contributed by atoms with van der Waals surface area (Å²) < 4.78 is 0. The quantitative estimate of drug-likeness (QED) is 0.839. The monoisotopic (exact) mass is 260 g/mol. The van der Waals surface area contributed by atoms with Crippen molar-refractivity contribution in [2.45, 2.75) is 13.8 Å². The van der Waals surface area contributed by atoms with Crippen LogP contribution in [-0.4, -0.2) is 10.9 Å². The van der Waals surface area contributed by atoms with Crippen LogP contribution < -0.4 is 5.32 Å². The molecule has 0 atom stereocenters. The summed E-state index contributed by atoms with van der Waals surface area (Å²) in [4.78, 5) is 16.0. The number of amides is 1. The second kappa shape index (κ2) is 5.19. The zero-order chi connectivity index (χ0) is 13.1. The van der Waals surface area contributed by atoms with Crippen molar-refractivity contribution in [1.29, 1.82) is 0 Å². The fourth-order valence-corrected chi connectivity index (χ4v) is 1.85. The van der Waals surface area contributed by atoms with Crippen molar-refractivity contribution in [2.24, 2.45) is 0 Å². The fourth-order valence-electron chi connectivity index (χ4n) is 1.60. The summed E-state index contributed by atoms with van der Waals surface area (Å²) in [5, 5.41) is 3.14. The minimum atomic E-state index is -0.189. The second-order valence-corrected chi connectivity index (χ2v) is 4.53. The summed E-state index contributed by atoms with van der Waals surface area (Å²) in [5.74, 6) is -0.189. The number of aryl methyl sites for hydroxylation is 2. The minimum absolute atomic E-state index is 0.189. The highest BCUT2D eigenvalue weighted by Crippen LogP contribution is 2.14. The smallest absolute Gasteiger partial charge is 0.255 e. The molecule has 0 fully saturated rings. The number of carbonyl (C=O) groups excluding carboxylic acids is 1. The molecule has 0 bridgehead atoms. The Balaban J connectivity index is 2.19. The Hall–Kier alpha value is -1.87. The molecule has 2 aromatic rings. The van der Waals surface area contributed by atoms with Crippen LogP contribution in [0.5, 0.6) is 0 Å². The number of halogens is 1. The minimum Gasteiger partial charge on any atom is -0.322 e. The Morgan fingerprint density at radius 2 is 1.83 bits per heavy atom. The first-order valence-electron chi connectivity index (χ1n) is 5.57. The number of carbonyl (C=O) groups is 1. The van der Waals surface area contributed by atoms with Gasteiger partial charge < -0.3 is 5.32 Å². The Morgan fingerprint density at radius 3 is 2.44 bits per heavy atom. The van der Waals surface area contributed by atoms with Gasteiger partial charge in [0.2, 0.25) is 0 Å². The highest BCUT2D eigenvalue weighted by Gasteiger charge is 2.08. The van der Waals surface area contributed by atoms with E-state index in [9.17, 15) is 4.79 Å². The van der Waals surface area contributed by atoms with Gasteiger partial charge in [-0.25, -0.2) is 4.98 Å². The van der Waals surface area contributed by atoms with Gasteiger partial charge >= 0.3 is 0 Å². The molecule has 1 amide bonds. The van der Waals surface area contributed by atoms with Crippen molar-refractivity contribution in [1.82, 2.24) is 4.98 Å². The lowest BCUT2D eigenvalue weighted by Crippen LogP contribution is -2.12. The maximum atomic E-state index is 12.0. The number of benzene rings is 1. The van der Waals surface area contributed by atoms with Crippen LogP contribution >= 0.6 is 11.6 Å². The SMILES string of the molecule is Cc1ccc(NC(=O)c2cc(C)nc(Cl)c2)cc1. The molecule has 1 aromatic carbocycles. The van der Waals surface area contributed by atoms with Gasteiger partial charge in [0.25, 0.3) is 5.91 Å². The standard InChI is InChI=1S/C14H13ClN2O/c1-9-3-5-12(6-4-9)17-14(18)11-7-10(2)16-13(15)8-11/h3-8H,1-2H3,(H,17,18). The molecule has 0 spiro atoms. The Kier molecular flexibility index (Phi) is 3.63. The van der Waals surface area contributed by atoms with Crippen LogP contribution in [0, 0.1) is 13.8 Å². The van der Waals surface area contributed by atoms with Gasteiger partial charge in [0, 0.05) is 16.9 Å². The maximum absolute atomic E-state index is 12.0. The normalized spacial score (nSPS) is 10.2. The van der Waals surface area contributed by atoms with E-state index in [2.05, 4.69) is 10.3 Å². The average Bonchev–Trinajstić information content (AvgIpc) is 2.31. The predicted octanol–water partition coefficient (Wildman–Crippen LogP) is 3.60. The summed E-state index contributed by atoms with van der Waals surface area (Å²) in [6.45, 7) is 3.80. The van der Waals surface area contributed by atoms with E-state index in [1.807, 2.05) is 31.2 Å². The third kappa shape index (κ3) is 3.08. The lowest BCUT2D eigenvalue weighted by Gasteiger charge is -2.06. The van der Waals surface area contributed by atoms with Crippen LogP contribution in [0.3, 0.4) is 0 Å². The molecule has 4 heteroatoms. The van der Waals surface area contributed by atoms with Crippen LogP contribution in [-0.2, 0) is 0 Å². The number of anilines is 1. The molecule has 1 N–H and O–H groups in total. The van der Waals surface area contributed by atoms with Crippen LogP contribution in [0.25, 0.3) is 0 Å². The Labute approximate surface area is 111 Å². The van der Waals surface area contributed by atoms with E-state index >= 15 is 0 Å². The second-order valence-electron chi connectivity index (χ2n) is 4.14. The van der Waals surface area contributed by atoms with Crippen molar-refractivity contribution in [2.75, 3.05) is 5.32 Å². The van der Waals surface area contributed by atoms with E-state index in [0.29, 0.717) is 10.7 Å². The fraction of sp³-hybridized carbons (Fsp3) is 0.143. The van der Waals surface area contributed by atoms with Crippen molar-refractivity contribution < 1.29 is 4.79 Å². The van der Waals surface area contributed by atoms with Crippen molar-refractivity contribution >= 4 is 23.2 Å². The molecule has 0 aliphatic carbocycles. The lowest BCUT2D eigenvalue weighted by molar-refractivity contribution is 0.102. The summed E-state index contributed by atoms with van der Waals surface area (Å²) in [6.07, 6.45) is 0. The third-order valence-corrected chi connectivity index (χ3v) is 2.69. The van der Waals surface area contributed by atoms with Gasteiger partial charge in [-0.05, 0) is 38.1 Å². The van der Waals surface area contributed by atoms with Gasteiger partial charge in [-0.1, -0.05) is 29.3 Å². The largest absolute Gasteiger partial charge is 0.322 e. The van der Waals surface area contributed by atoms with E-state index in [1.165, 1.54) is 0 Å². The van der Waals surface area contributed by atoms with Crippen molar-refractivity contribution in [3.63, 3.8) is 0 Å². The molecule has 2 rings (SSSR count). The molecule has 92 valence electrons. The molecule has 0 radical (unpaired) electrons. The summed E-state index contributed by atoms with van der Waals surface area (Å²) in [5.41, 5.74) is 3.14. The number of hydrogen-bond donors (Lipinski definition) is 1. The molecule has 0 aliphatic rings. The zero-order valence-corrected chi connectivity index (χ0v) is 11.0. The van der Waals surface area contributed by atoms with Gasteiger partial charge in [0.15, 0.2) is 0 Å². The zero-order valence-electron chi connectivity index (χ0n) is 10.2. The highest BCUT2D eigenvalue weighted by molar-refractivity contribution is 6.29. The summed E-state index contributed by atoms with van der Waals surface area (Å²) in [7, 11) is 0. The topological polar surface area (TPSA) is 42.0 Å². The van der Waals surface area contributed by atoms with Crippen LogP contribution in [0.4, 0.5) is 5.69 Å². The van der Waals surface area contributed by atoms with E-state index in [0.717, 1.165) is 16.9 Å². The Bertz CT molecular complexity index is 559. The first-order chi connectivity index (χ1) is 8.54. The van der Waals surface area contributed by atoms with Crippen LogP contribution in [0.1, 0.15) is 21.6 Å². The van der Waals surface area contributed by atoms with Gasteiger partial charge in [-0.15, -0.1) is 0 Å². The maximum Gasteiger partial charge on any atom is 0.255 e. The van der Waals surface area contributed by atoms with E-state index in [-0.39, 0.29) is 5.91 Å². The molecule has 1 heterocycles. The lowest BCUT2D eigenvalue weighted by atomic mass is 10.2. The highest BCUT2D eigenvalue weighted by atomic mass is 35.5. The Morgan fingerprint density at radius 1 is 1.17 bits per heavy atom. The number of pyridine rings is 1. The predicted molar refractivity (Wildman–Crippen MR) is 73.1 cm³/mol. The van der Waals surface area contributed by atoms with Crippen molar-refractivity contribution in [3.8, 4) is 0 Å². The van der Waals surface area contributed by atoms with Crippen LogP contribution in [0.15, 0.2) is 36.4 Å². The van der Waals surface area contributed by atoms with Crippen molar-refractivity contribution in [3.05, 3.63) is 58.4 Å². The third-order valence-electron chi connectivity index (χ3n) is 2.49. The van der Waals surface area contributed by atoms with Gasteiger partial charge in [-0.2, -0.15) is 0 Å². The first kappa shape index (κ1) is 12.6. The molecule has 0 saturated heterocycles. The number of hydrogen-bond acceptors (Lipinski definition) is 2. The molecule has 3 nitrogen and oxygen atoms in total. The molecular formula is C14H13ClN2O. The molecule has 0 unspecified atom stereocenters. The van der Waals surface area contributed by atoms with Crippen LogP contribution in [0.2, 0.25) is 5.15 Å². The number of nitrogens with zero attached hydrogens (tertiary/aromatic N) is 1. The molecule has 0 aliphatic heterocycles. The average molecular weight is 261 g/mol. The number of aromatic nitrogens is 1. The number of rotatable bonds is 2. The summed E-state index contributed by atoms with van der Waals surface area (Å²) in [6, 6.07) is 10.9. The van der Waals surface area contributed by atoms with E-state index in [1.54, 1.807) is 19.1 Å². The van der Waals surface area contributed by atoms with E-state index in [4.69, 9.17) is 11.6 Å². The van der Waals surface area contributed by atoms with Gasteiger partial charge in [0.05, 0.1) is 0 Å².